The van der Waals surface area contributed by atoms with Crippen LogP contribution < -0.4 is 16.8 Å². The first kappa shape index (κ1) is 42.0. The van der Waals surface area contributed by atoms with Gasteiger partial charge in [0.1, 0.15) is 18.2 Å². The van der Waals surface area contributed by atoms with Crippen molar-refractivity contribution in [3.05, 3.63) is 168 Å². The van der Waals surface area contributed by atoms with Gasteiger partial charge in [-0.2, -0.15) is 0 Å². The quantitative estimate of drug-likeness (QED) is 0.0470. The number of rotatable bonds is 18. The Morgan fingerprint density at radius 2 is 1.43 bits per heavy atom. The molecule has 5 N–H and O–H groups in total. The van der Waals surface area contributed by atoms with Crippen molar-refractivity contribution in [2.45, 2.75) is 63.5 Å². The molecule has 61 heavy (non-hydrogen) atoms. The number of aryl methyl sites for hydroxylation is 1. The molecule has 5 aromatic carbocycles. The Labute approximate surface area is 353 Å². The van der Waals surface area contributed by atoms with E-state index in [9.17, 15) is 19.2 Å². The zero-order valence-electron chi connectivity index (χ0n) is 33.6. The molecule has 7 rings (SSSR count). The van der Waals surface area contributed by atoms with E-state index >= 15 is 0 Å². The third kappa shape index (κ3) is 11.5. The summed E-state index contributed by atoms with van der Waals surface area (Å²) in [5.74, 6) is -2.44. The van der Waals surface area contributed by atoms with Gasteiger partial charge in [-0.3, -0.25) is 14.4 Å². The van der Waals surface area contributed by atoms with Crippen LogP contribution in [0.1, 0.15) is 52.2 Å². The van der Waals surface area contributed by atoms with Crippen LogP contribution in [-0.2, 0) is 45.1 Å². The van der Waals surface area contributed by atoms with Crippen molar-refractivity contribution in [3.63, 3.8) is 0 Å². The number of guanidine groups is 1. The fraction of sp³-hybridized carbons (Fsp3) is 0.250. The summed E-state index contributed by atoms with van der Waals surface area (Å²) in [6.07, 6.45) is -0.504. The normalized spacial score (nSPS) is 15.8. The lowest BCUT2D eigenvalue weighted by atomic mass is 9.88. The van der Waals surface area contributed by atoms with E-state index in [4.69, 9.17) is 25.4 Å². The van der Waals surface area contributed by atoms with Crippen molar-refractivity contribution in [2.24, 2.45) is 22.4 Å². The third-order valence-electron chi connectivity index (χ3n) is 10.6. The lowest BCUT2D eigenvalue weighted by Gasteiger charge is -2.29. The lowest BCUT2D eigenvalue weighted by Crippen LogP contribution is -2.52. The van der Waals surface area contributed by atoms with E-state index in [0.29, 0.717) is 28.8 Å². The van der Waals surface area contributed by atoms with E-state index in [1.54, 1.807) is 42.5 Å². The van der Waals surface area contributed by atoms with Crippen LogP contribution in [0.3, 0.4) is 0 Å². The molecular weight excluding hydrogens is 773 g/mol. The summed E-state index contributed by atoms with van der Waals surface area (Å²) in [5.41, 5.74) is 16.1. The molecule has 13 nitrogen and oxygen atoms in total. The average molecular weight is 821 g/mol. The molecular formula is C48H48N6O7. The molecule has 2 heterocycles. The zero-order chi connectivity index (χ0) is 42.6. The van der Waals surface area contributed by atoms with Crippen LogP contribution in [-0.4, -0.2) is 64.1 Å². The summed E-state index contributed by atoms with van der Waals surface area (Å²) in [4.78, 5) is 67.3. The molecule has 6 aromatic rings. The van der Waals surface area contributed by atoms with Crippen LogP contribution in [0.25, 0.3) is 11.1 Å². The van der Waals surface area contributed by atoms with Gasteiger partial charge in [-0.15, -0.1) is 0 Å². The Kier molecular flexibility index (Phi) is 13.9. The molecule has 312 valence electrons. The maximum absolute atomic E-state index is 14.8. The van der Waals surface area contributed by atoms with E-state index in [1.165, 1.54) is 4.90 Å². The van der Waals surface area contributed by atoms with Crippen molar-refractivity contribution in [1.29, 1.82) is 0 Å². The molecule has 1 aliphatic rings. The number of ether oxygens (including phenoxy) is 2. The molecule has 0 saturated carbocycles. The third-order valence-corrected chi connectivity index (χ3v) is 10.6. The SMILES string of the molecule is NC(N)=Nc1cccc(C[C@H](CC(=O)[C@@H]2C[C@@H](OCc3ccccc3)CN2C(=O)[C@@H](CCc2ccccc2)NC(=O)OCc2ccccc2)C(=O)c2nc3ccccc3o2)c1. The number of carbonyl (C=O) groups excluding carboxylic acids is 4. The topological polar surface area (TPSA) is 192 Å². The molecule has 1 saturated heterocycles. The number of nitrogens with one attached hydrogen (secondary N) is 1. The van der Waals surface area contributed by atoms with E-state index in [1.807, 2.05) is 97.1 Å². The zero-order valence-corrected chi connectivity index (χ0v) is 33.6. The maximum atomic E-state index is 14.8. The van der Waals surface area contributed by atoms with Gasteiger partial charge in [0.05, 0.1) is 24.4 Å². The standard InChI is InChI=1S/C48H48N6O7/c49-47(50)51-37-20-12-19-35(26-37)25-36(44(56)45-52-39-21-10-11-22-43(39)61-45)27-42(55)41-28-38(59-30-33-15-6-2-7-16-33)29-54(41)46(57)40(24-23-32-13-4-1-5-14-32)53-48(58)60-31-34-17-8-3-9-18-34/h1-22,26,36,38,40-41H,23-25,27-31H2,(H,53,58)(H4,49,50,51)/t36-,38-,40-,41+/m1/s1. The number of aromatic nitrogens is 1. The number of nitrogens with two attached hydrogens (primary N) is 2. The van der Waals surface area contributed by atoms with E-state index in [2.05, 4.69) is 15.3 Å². The Hall–Kier alpha value is -7.12. The number of carbonyl (C=O) groups is 4. The predicted octanol–water partition coefficient (Wildman–Crippen LogP) is 6.85. The van der Waals surface area contributed by atoms with Crippen molar-refractivity contribution in [1.82, 2.24) is 15.2 Å². The summed E-state index contributed by atoms with van der Waals surface area (Å²) >= 11 is 0. The van der Waals surface area contributed by atoms with Gasteiger partial charge in [-0.25, -0.2) is 14.8 Å². The van der Waals surface area contributed by atoms with Crippen molar-refractivity contribution < 1.29 is 33.1 Å². The minimum atomic E-state index is -1.04. The van der Waals surface area contributed by atoms with E-state index in [0.717, 1.165) is 16.7 Å². The number of aliphatic imine (C=N–C) groups is 1. The number of ketones is 2. The fourth-order valence-corrected chi connectivity index (χ4v) is 7.55. The summed E-state index contributed by atoms with van der Waals surface area (Å²) in [5, 5.41) is 2.80. The van der Waals surface area contributed by atoms with Crippen LogP contribution in [0.15, 0.2) is 149 Å². The van der Waals surface area contributed by atoms with Crippen molar-refractivity contribution >= 4 is 46.3 Å². The minimum Gasteiger partial charge on any atom is -0.445 e. The Bertz CT molecular complexity index is 2420. The largest absolute Gasteiger partial charge is 0.445 e. The smallest absolute Gasteiger partial charge is 0.408 e. The van der Waals surface area contributed by atoms with Gasteiger partial charge in [-0.05, 0) is 65.8 Å². The average Bonchev–Trinajstić information content (AvgIpc) is 3.92. The molecule has 2 amide bonds. The molecule has 0 bridgehead atoms. The molecule has 1 fully saturated rings. The maximum Gasteiger partial charge on any atom is 0.408 e. The Balaban J connectivity index is 1.16. The Morgan fingerprint density at radius 1 is 0.787 bits per heavy atom. The molecule has 13 heteroatoms. The molecule has 1 aromatic heterocycles. The van der Waals surface area contributed by atoms with Crippen LogP contribution in [0.2, 0.25) is 0 Å². The second kappa shape index (κ2) is 20.2. The number of benzene rings is 5. The monoisotopic (exact) mass is 820 g/mol. The molecule has 0 radical (unpaired) electrons. The Morgan fingerprint density at radius 3 is 2.11 bits per heavy atom. The van der Waals surface area contributed by atoms with E-state index in [-0.39, 0.29) is 63.1 Å². The highest BCUT2D eigenvalue weighted by molar-refractivity contribution is 6.00. The van der Waals surface area contributed by atoms with Gasteiger partial charge in [0, 0.05) is 25.3 Å². The number of Topliss-reactive ketones (excluding diaryl/α,β-unsaturated/α-hetero) is 2. The first-order valence-electron chi connectivity index (χ1n) is 20.3. The first-order chi connectivity index (χ1) is 29.7. The van der Waals surface area contributed by atoms with Gasteiger partial charge in [0.2, 0.25) is 11.7 Å². The molecule has 0 spiro atoms. The molecule has 0 unspecified atom stereocenters. The number of hydrogen-bond donors (Lipinski definition) is 3. The highest BCUT2D eigenvalue weighted by atomic mass is 16.5. The number of likely N-dealkylation sites (tertiary alicyclic amines) is 1. The number of fused-ring (bicyclic) bond motifs is 1. The summed E-state index contributed by atoms with van der Waals surface area (Å²) in [7, 11) is 0. The number of oxazole rings is 1. The highest BCUT2D eigenvalue weighted by Crippen LogP contribution is 2.29. The van der Waals surface area contributed by atoms with Crippen LogP contribution >= 0.6 is 0 Å². The van der Waals surface area contributed by atoms with Gasteiger partial charge >= 0.3 is 6.09 Å². The van der Waals surface area contributed by atoms with Crippen LogP contribution in [0, 0.1) is 5.92 Å². The summed E-state index contributed by atoms with van der Waals surface area (Å²) in [6, 6.07) is 40.6. The van der Waals surface area contributed by atoms with E-state index < -0.39 is 41.9 Å². The number of nitrogens with zero attached hydrogens (tertiary/aromatic N) is 3. The fourth-order valence-electron chi connectivity index (χ4n) is 7.55. The second-order valence-electron chi connectivity index (χ2n) is 15.1. The van der Waals surface area contributed by atoms with Crippen molar-refractivity contribution in [3.8, 4) is 0 Å². The van der Waals surface area contributed by atoms with Gasteiger partial charge in [0.25, 0.3) is 5.89 Å². The highest BCUT2D eigenvalue weighted by Gasteiger charge is 2.43. The lowest BCUT2D eigenvalue weighted by molar-refractivity contribution is -0.139. The van der Waals surface area contributed by atoms with Gasteiger partial charge < -0.3 is 35.6 Å². The second-order valence-corrected chi connectivity index (χ2v) is 15.1. The van der Waals surface area contributed by atoms with Crippen LogP contribution in [0.4, 0.5) is 10.5 Å². The van der Waals surface area contributed by atoms with Crippen LogP contribution in [0.5, 0.6) is 0 Å². The molecule has 0 aliphatic carbocycles. The number of para-hydroxylation sites is 2. The van der Waals surface area contributed by atoms with Gasteiger partial charge in [-0.1, -0.05) is 115 Å². The predicted molar refractivity (Wildman–Crippen MR) is 231 cm³/mol. The summed E-state index contributed by atoms with van der Waals surface area (Å²) < 4.78 is 17.8. The molecule has 4 atom stereocenters. The molecule has 1 aliphatic heterocycles. The first-order valence-corrected chi connectivity index (χ1v) is 20.3. The number of hydrogen-bond acceptors (Lipinski definition) is 9. The minimum absolute atomic E-state index is 0.0108. The van der Waals surface area contributed by atoms with Crippen molar-refractivity contribution in [2.75, 3.05) is 6.54 Å². The number of amides is 2. The van der Waals surface area contributed by atoms with Gasteiger partial charge in [0.15, 0.2) is 17.3 Å². The summed E-state index contributed by atoms with van der Waals surface area (Å²) in [6.45, 7) is 0.368. The number of alkyl carbamates (subject to hydrolysis) is 1.